The minimum absolute atomic E-state index is 0.125. The number of hydrogen-bond acceptors (Lipinski definition) is 8. The molecule has 0 atom stereocenters. The SMILES string of the molecule is CCCCNC(=O)c1cc(C(=O)N2CCSC2=S)c(OC)c(C(=O)N2CCSC2=S)c1. The minimum Gasteiger partial charge on any atom is -0.495 e. The summed E-state index contributed by atoms with van der Waals surface area (Å²) in [7, 11) is 1.40. The lowest BCUT2D eigenvalue weighted by molar-refractivity contribution is 0.0855. The Labute approximate surface area is 200 Å². The van der Waals surface area contributed by atoms with Crippen molar-refractivity contribution in [3.05, 3.63) is 28.8 Å². The van der Waals surface area contributed by atoms with Crippen molar-refractivity contribution in [3.63, 3.8) is 0 Å². The van der Waals surface area contributed by atoms with E-state index < -0.39 is 0 Å². The average Bonchev–Trinajstić information content (AvgIpc) is 3.39. The van der Waals surface area contributed by atoms with Crippen molar-refractivity contribution < 1.29 is 19.1 Å². The van der Waals surface area contributed by atoms with Crippen LogP contribution in [-0.4, -0.2) is 74.4 Å². The van der Waals surface area contributed by atoms with E-state index in [9.17, 15) is 14.4 Å². The lowest BCUT2D eigenvalue weighted by Crippen LogP contribution is -2.34. The molecule has 1 aromatic carbocycles. The van der Waals surface area contributed by atoms with Gasteiger partial charge in [-0.15, -0.1) is 0 Å². The predicted octanol–water partition coefficient (Wildman–Crippen LogP) is 3.17. The highest BCUT2D eigenvalue weighted by molar-refractivity contribution is 8.23. The van der Waals surface area contributed by atoms with E-state index in [0.717, 1.165) is 12.8 Å². The van der Waals surface area contributed by atoms with Crippen LogP contribution < -0.4 is 10.1 Å². The molecule has 31 heavy (non-hydrogen) atoms. The largest absolute Gasteiger partial charge is 0.495 e. The number of thioether (sulfide) groups is 2. The number of thiocarbonyl (C=S) groups is 2. The zero-order valence-corrected chi connectivity index (χ0v) is 20.5. The van der Waals surface area contributed by atoms with Crippen molar-refractivity contribution in [1.29, 1.82) is 0 Å². The second kappa shape index (κ2) is 10.8. The van der Waals surface area contributed by atoms with Gasteiger partial charge in [-0.25, -0.2) is 0 Å². The summed E-state index contributed by atoms with van der Waals surface area (Å²) in [5, 5.41) is 2.84. The molecule has 0 spiro atoms. The van der Waals surface area contributed by atoms with E-state index in [2.05, 4.69) is 5.32 Å². The summed E-state index contributed by atoms with van der Waals surface area (Å²) in [5.74, 6) is 0.407. The van der Waals surface area contributed by atoms with Crippen molar-refractivity contribution >= 4 is 74.3 Å². The summed E-state index contributed by atoms with van der Waals surface area (Å²) in [6, 6.07) is 2.95. The Morgan fingerprint density at radius 3 is 1.94 bits per heavy atom. The maximum atomic E-state index is 13.3. The van der Waals surface area contributed by atoms with Gasteiger partial charge < -0.3 is 10.1 Å². The van der Waals surface area contributed by atoms with E-state index in [0.29, 0.717) is 39.8 Å². The lowest BCUT2D eigenvalue weighted by atomic mass is 10.0. The Balaban J connectivity index is 2.06. The van der Waals surface area contributed by atoms with Crippen LogP contribution in [0.2, 0.25) is 0 Å². The molecule has 0 aromatic heterocycles. The van der Waals surface area contributed by atoms with Gasteiger partial charge in [0.05, 0.1) is 18.2 Å². The predicted molar refractivity (Wildman–Crippen MR) is 132 cm³/mol. The van der Waals surface area contributed by atoms with E-state index in [1.54, 1.807) is 0 Å². The van der Waals surface area contributed by atoms with Gasteiger partial charge in [0.25, 0.3) is 17.7 Å². The highest BCUT2D eigenvalue weighted by Gasteiger charge is 2.33. The Bertz CT molecular complexity index is 878. The van der Waals surface area contributed by atoms with Crippen LogP contribution in [0, 0.1) is 0 Å². The van der Waals surface area contributed by atoms with Crippen LogP contribution >= 0.6 is 48.0 Å². The molecule has 11 heteroatoms. The number of rotatable bonds is 7. The van der Waals surface area contributed by atoms with Crippen molar-refractivity contribution in [2.75, 3.05) is 38.2 Å². The molecule has 0 bridgehead atoms. The van der Waals surface area contributed by atoms with Gasteiger partial charge in [-0.2, -0.15) is 0 Å². The van der Waals surface area contributed by atoms with E-state index in [4.69, 9.17) is 29.2 Å². The molecule has 2 fully saturated rings. The number of carbonyl (C=O) groups excluding carboxylic acids is 3. The van der Waals surface area contributed by atoms with Gasteiger partial charge in [-0.1, -0.05) is 61.3 Å². The quantitative estimate of drug-likeness (QED) is 0.455. The second-order valence-electron chi connectivity index (χ2n) is 6.86. The number of unbranched alkanes of at least 4 members (excludes halogenated alkanes) is 1. The first-order chi connectivity index (χ1) is 14.9. The molecule has 2 aliphatic heterocycles. The van der Waals surface area contributed by atoms with Crippen LogP contribution in [0.25, 0.3) is 0 Å². The van der Waals surface area contributed by atoms with Crippen LogP contribution in [0.1, 0.15) is 50.8 Å². The van der Waals surface area contributed by atoms with Gasteiger partial charge in [-0.05, 0) is 18.6 Å². The van der Waals surface area contributed by atoms with Crippen molar-refractivity contribution in [3.8, 4) is 5.75 Å². The highest BCUT2D eigenvalue weighted by Crippen LogP contribution is 2.32. The van der Waals surface area contributed by atoms with Gasteiger partial charge in [0.1, 0.15) is 14.4 Å². The van der Waals surface area contributed by atoms with Gasteiger partial charge in [0, 0.05) is 36.7 Å². The molecule has 2 heterocycles. The van der Waals surface area contributed by atoms with E-state index >= 15 is 0 Å². The average molecular weight is 498 g/mol. The molecule has 1 aromatic rings. The Morgan fingerprint density at radius 2 is 1.55 bits per heavy atom. The van der Waals surface area contributed by atoms with Gasteiger partial charge >= 0.3 is 0 Å². The van der Waals surface area contributed by atoms with E-state index in [1.807, 2.05) is 6.92 Å². The number of ether oxygens (including phenoxy) is 1. The summed E-state index contributed by atoms with van der Waals surface area (Å²) in [5.41, 5.74) is 0.493. The molecule has 3 rings (SSSR count). The third kappa shape index (κ3) is 5.21. The maximum Gasteiger partial charge on any atom is 0.263 e. The first kappa shape index (κ1) is 24.0. The molecule has 1 N–H and O–H groups in total. The number of benzene rings is 1. The molecule has 0 unspecified atom stereocenters. The number of nitrogens with zero attached hydrogens (tertiary/aromatic N) is 2. The van der Waals surface area contributed by atoms with Crippen LogP contribution in [0.5, 0.6) is 5.75 Å². The summed E-state index contributed by atoms with van der Waals surface area (Å²) >= 11 is 13.4. The first-order valence-corrected chi connectivity index (χ1v) is 12.6. The third-order valence-corrected chi connectivity index (χ3v) is 7.70. The third-order valence-electron chi connectivity index (χ3n) is 4.84. The molecule has 0 radical (unpaired) electrons. The molecule has 2 aliphatic rings. The van der Waals surface area contributed by atoms with Crippen molar-refractivity contribution in [1.82, 2.24) is 15.1 Å². The summed E-state index contributed by atoms with van der Waals surface area (Å²) in [6.07, 6.45) is 1.77. The number of nitrogens with one attached hydrogen (secondary N) is 1. The minimum atomic E-state index is -0.387. The molecular formula is C20H23N3O4S4. The number of methoxy groups -OCH3 is 1. The molecule has 0 aliphatic carbocycles. The van der Waals surface area contributed by atoms with Crippen molar-refractivity contribution in [2.24, 2.45) is 0 Å². The van der Waals surface area contributed by atoms with Gasteiger partial charge in [0.2, 0.25) is 0 Å². The molecule has 0 saturated carbocycles. The van der Waals surface area contributed by atoms with Crippen molar-refractivity contribution in [2.45, 2.75) is 19.8 Å². The van der Waals surface area contributed by atoms with E-state index in [-0.39, 0.29) is 40.2 Å². The monoisotopic (exact) mass is 497 g/mol. The Morgan fingerprint density at radius 1 is 1.03 bits per heavy atom. The fourth-order valence-corrected chi connectivity index (χ4v) is 5.63. The molecule has 7 nitrogen and oxygen atoms in total. The fourth-order valence-electron chi connectivity index (χ4n) is 3.22. The summed E-state index contributed by atoms with van der Waals surface area (Å²) in [4.78, 5) is 42.3. The zero-order chi connectivity index (χ0) is 22.5. The summed E-state index contributed by atoms with van der Waals surface area (Å²) in [6.45, 7) is 3.47. The maximum absolute atomic E-state index is 13.3. The van der Waals surface area contributed by atoms with E-state index in [1.165, 1.54) is 52.6 Å². The summed E-state index contributed by atoms with van der Waals surface area (Å²) < 4.78 is 6.45. The number of carbonyl (C=O) groups is 3. The molecule has 2 saturated heterocycles. The smallest absolute Gasteiger partial charge is 0.263 e. The molecule has 166 valence electrons. The normalized spacial score (nSPS) is 16.1. The van der Waals surface area contributed by atoms with Crippen LogP contribution in [0.4, 0.5) is 0 Å². The standard InChI is InChI=1S/C20H23N3O4S4/c1-3-4-5-21-16(24)12-10-13(17(25)22-6-8-30-19(22)28)15(27-2)14(11-12)18(26)23-7-9-31-20(23)29/h10-11H,3-9H2,1-2H3,(H,21,24). The number of hydrogen-bond donors (Lipinski definition) is 1. The van der Waals surface area contributed by atoms with Crippen LogP contribution in [0.15, 0.2) is 12.1 Å². The topological polar surface area (TPSA) is 79.0 Å². The first-order valence-electron chi connectivity index (χ1n) is 9.86. The second-order valence-corrected chi connectivity index (χ2v) is 10.3. The van der Waals surface area contributed by atoms with Gasteiger partial charge in [0.15, 0.2) is 0 Å². The number of amides is 3. The molecular weight excluding hydrogens is 475 g/mol. The lowest BCUT2D eigenvalue weighted by Gasteiger charge is -2.21. The Hall–Kier alpha value is -1.69. The molecule has 3 amide bonds. The van der Waals surface area contributed by atoms with Crippen LogP contribution in [0.3, 0.4) is 0 Å². The zero-order valence-electron chi connectivity index (χ0n) is 17.3. The van der Waals surface area contributed by atoms with Gasteiger partial charge in [-0.3, -0.25) is 24.2 Å². The van der Waals surface area contributed by atoms with Crippen LogP contribution in [-0.2, 0) is 0 Å². The fraction of sp³-hybridized carbons (Fsp3) is 0.450. The highest BCUT2D eigenvalue weighted by atomic mass is 32.2. The Kier molecular flexibility index (Phi) is 8.31.